The van der Waals surface area contributed by atoms with Gasteiger partial charge in [-0.15, -0.1) is 5.10 Å². The molecular formula is C10H11N5O. The van der Waals surface area contributed by atoms with Crippen LogP contribution in [0.2, 0.25) is 0 Å². The molecule has 6 nitrogen and oxygen atoms in total. The Bertz CT molecular complexity index is 479. The molecule has 2 N–H and O–H groups in total. The Labute approximate surface area is 92.3 Å². The zero-order valence-corrected chi connectivity index (χ0v) is 8.71. The minimum atomic E-state index is -0.227. The first kappa shape index (κ1) is 10.2. The Morgan fingerprint density at radius 2 is 2.31 bits per heavy atom. The van der Waals surface area contributed by atoms with E-state index >= 15 is 0 Å². The normalized spacial score (nSPS) is 9.81. The summed E-state index contributed by atoms with van der Waals surface area (Å²) in [6, 6.07) is 5.10. The van der Waals surface area contributed by atoms with Crippen molar-refractivity contribution in [1.29, 1.82) is 0 Å². The molecule has 0 aromatic carbocycles. The number of hydrogen-bond acceptors (Lipinski definition) is 4. The molecule has 2 aromatic rings. The van der Waals surface area contributed by atoms with Crippen LogP contribution < -0.4 is 10.7 Å². The first-order chi connectivity index (χ1) is 7.79. The number of nitrogens with one attached hydrogen (secondary N) is 2. The molecule has 0 aliphatic heterocycles. The molecule has 0 unspecified atom stereocenters. The molecule has 0 aliphatic rings. The molecule has 16 heavy (non-hydrogen) atoms. The van der Waals surface area contributed by atoms with Crippen LogP contribution in [-0.2, 0) is 0 Å². The molecule has 0 radical (unpaired) electrons. The largest absolute Gasteiger partial charge is 0.313 e. The fourth-order valence-electron chi connectivity index (χ4n) is 1.20. The van der Waals surface area contributed by atoms with E-state index in [1.54, 1.807) is 37.6 Å². The number of aromatic nitrogens is 3. The summed E-state index contributed by atoms with van der Waals surface area (Å²) in [6.07, 6.45) is 4.83. The Morgan fingerprint density at radius 1 is 1.44 bits per heavy atom. The Hall–Kier alpha value is -2.37. The summed E-state index contributed by atoms with van der Waals surface area (Å²) in [7, 11) is 1.74. The van der Waals surface area contributed by atoms with Gasteiger partial charge in [-0.3, -0.25) is 9.78 Å². The number of amides is 1. The maximum atomic E-state index is 11.7. The SMILES string of the molecule is CNn1ccc(NC(=O)c2cccnc2)n1. The third-order valence-corrected chi connectivity index (χ3v) is 1.98. The van der Waals surface area contributed by atoms with Gasteiger partial charge in [0.25, 0.3) is 5.91 Å². The van der Waals surface area contributed by atoms with Crippen LogP contribution in [0.4, 0.5) is 5.82 Å². The second kappa shape index (κ2) is 4.43. The first-order valence-corrected chi connectivity index (χ1v) is 4.74. The van der Waals surface area contributed by atoms with Crippen LogP contribution in [-0.4, -0.2) is 27.8 Å². The molecule has 0 atom stereocenters. The van der Waals surface area contributed by atoms with Crippen LogP contribution in [0.5, 0.6) is 0 Å². The average Bonchev–Trinajstić information content (AvgIpc) is 2.78. The molecule has 0 saturated carbocycles. The lowest BCUT2D eigenvalue weighted by Crippen LogP contribution is -2.14. The Kier molecular flexibility index (Phi) is 2.81. The fourth-order valence-corrected chi connectivity index (χ4v) is 1.20. The summed E-state index contributed by atoms with van der Waals surface area (Å²) in [5.41, 5.74) is 3.30. The topological polar surface area (TPSA) is 71.8 Å². The van der Waals surface area contributed by atoms with E-state index in [9.17, 15) is 4.79 Å². The highest BCUT2D eigenvalue weighted by atomic mass is 16.1. The predicted octanol–water partition coefficient (Wildman–Crippen LogP) is 0.704. The van der Waals surface area contributed by atoms with E-state index in [4.69, 9.17) is 0 Å². The van der Waals surface area contributed by atoms with Crippen LogP contribution in [0.15, 0.2) is 36.8 Å². The maximum Gasteiger partial charge on any atom is 0.258 e. The van der Waals surface area contributed by atoms with Crippen molar-refractivity contribution in [2.24, 2.45) is 0 Å². The van der Waals surface area contributed by atoms with Gasteiger partial charge in [-0.1, -0.05) is 0 Å². The quantitative estimate of drug-likeness (QED) is 0.794. The third kappa shape index (κ3) is 2.17. The van der Waals surface area contributed by atoms with Crippen LogP contribution in [0.3, 0.4) is 0 Å². The van der Waals surface area contributed by atoms with Gasteiger partial charge in [0, 0.05) is 25.5 Å². The van der Waals surface area contributed by atoms with E-state index < -0.39 is 0 Å². The van der Waals surface area contributed by atoms with Gasteiger partial charge < -0.3 is 10.7 Å². The van der Waals surface area contributed by atoms with Crippen molar-refractivity contribution in [2.45, 2.75) is 0 Å². The lowest BCUT2D eigenvalue weighted by atomic mass is 10.3. The van der Waals surface area contributed by atoms with E-state index in [0.717, 1.165) is 0 Å². The van der Waals surface area contributed by atoms with Crippen molar-refractivity contribution in [1.82, 2.24) is 14.9 Å². The Balaban J connectivity index is 2.08. The van der Waals surface area contributed by atoms with Gasteiger partial charge in [-0.2, -0.15) is 4.79 Å². The number of hydrogen-bond donors (Lipinski definition) is 2. The summed E-state index contributed by atoms with van der Waals surface area (Å²) in [4.78, 5) is 17.1. The van der Waals surface area contributed by atoms with Crippen molar-refractivity contribution >= 4 is 11.7 Å². The number of rotatable bonds is 3. The maximum absolute atomic E-state index is 11.7. The first-order valence-electron chi connectivity index (χ1n) is 4.74. The van der Waals surface area contributed by atoms with Gasteiger partial charge in [0.2, 0.25) is 0 Å². The van der Waals surface area contributed by atoms with Gasteiger partial charge >= 0.3 is 0 Å². The molecule has 82 valence electrons. The summed E-state index contributed by atoms with van der Waals surface area (Å²) in [6.45, 7) is 0. The summed E-state index contributed by atoms with van der Waals surface area (Å²) >= 11 is 0. The van der Waals surface area contributed by atoms with Gasteiger partial charge in [-0.25, -0.2) is 0 Å². The zero-order valence-electron chi connectivity index (χ0n) is 8.71. The summed E-state index contributed by atoms with van der Waals surface area (Å²) in [5, 5.41) is 6.71. The molecule has 0 bridgehead atoms. The van der Waals surface area contributed by atoms with E-state index in [1.165, 1.54) is 11.0 Å². The minimum Gasteiger partial charge on any atom is -0.313 e. The van der Waals surface area contributed by atoms with Crippen molar-refractivity contribution in [3.63, 3.8) is 0 Å². The smallest absolute Gasteiger partial charge is 0.258 e. The summed E-state index contributed by atoms with van der Waals surface area (Å²) < 4.78 is 0. The fraction of sp³-hybridized carbons (Fsp3) is 0.100. The highest BCUT2D eigenvalue weighted by Crippen LogP contribution is 2.04. The molecule has 0 fully saturated rings. The van der Waals surface area contributed by atoms with Gasteiger partial charge in [0.05, 0.1) is 11.8 Å². The molecule has 2 heterocycles. The molecule has 0 aliphatic carbocycles. The van der Waals surface area contributed by atoms with Crippen molar-refractivity contribution in [3.8, 4) is 0 Å². The van der Waals surface area contributed by atoms with Gasteiger partial charge in [0.15, 0.2) is 5.82 Å². The van der Waals surface area contributed by atoms with Gasteiger partial charge in [-0.05, 0) is 12.1 Å². The highest BCUT2D eigenvalue weighted by Gasteiger charge is 2.07. The van der Waals surface area contributed by atoms with Gasteiger partial charge in [0.1, 0.15) is 0 Å². The predicted molar refractivity (Wildman–Crippen MR) is 59.7 cm³/mol. The number of carbonyl (C=O) groups is 1. The van der Waals surface area contributed by atoms with E-state index in [1.807, 2.05) is 0 Å². The van der Waals surface area contributed by atoms with Crippen LogP contribution in [0.1, 0.15) is 10.4 Å². The number of pyridine rings is 1. The molecule has 0 saturated heterocycles. The van der Waals surface area contributed by atoms with Crippen LogP contribution in [0, 0.1) is 0 Å². The van der Waals surface area contributed by atoms with Crippen LogP contribution >= 0.6 is 0 Å². The molecule has 2 rings (SSSR count). The lowest BCUT2D eigenvalue weighted by molar-refractivity contribution is 0.102. The number of nitrogens with zero attached hydrogens (tertiary/aromatic N) is 3. The molecular weight excluding hydrogens is 206 g/mol. The third-order valence-electron chi connectivity index (χ3n) is 1.98. The van der Waals surface area contributed by atoms with E-state index in [0.29, 0.717) is 11.4 Å². The number of anilines is 1. The highest BCUT2D eigenvalue weighted by molar-refractivity contribution is 6.03. The van der Waals surface area contributed by atoms with Crippen LogP contribution in [0.25, 0.3) is 0 Å². The average molecular weight is 217 g/mol. The van der Waals surface area contributed by atoms with Crippen molar-refractivity contribution in [3.05, 3.63) is 42.4 Å². The van der Waals surface area contributed by atoms with E-state index in [-0.39, 0.29) is 5.91 Å². The standard InChI is InChI=1S/C10H11N5O/c1-11-15-6-4-9(14-15)13-10(16)8-3-2-5-12-7-8/h2-7,11H,1H3,(H,13,14,16). The van der Waals surface area contributed by atoms with Crippen molar-refractivity contribution in [2.75, 3.05) is 17.8 Å². The second-order valence-corrected chi connectivity index (χ2v) is 3.06. The molecule has 2 aromatic heterocycles. The molecule has 6 heteroatoms. The second-order valence-electron chi connectivity index (χ2n) is 3.06. The Morgan fingerprint density at radius 3 is 2.94 bits per heavy atom. The zero-order chi connectivity index (χ0) is 11.4. The monoisotopic (exact) mass is 217 g/mol. The minimum absolute atomic E-state index is 0.227. The van der Waals surface area contributed by atoms with E-state index in [2.05, 4.69) is 20.8 Å². The summed E-state index contributed by atoms with van der Waals surface area (Å²) in [5.74, 6) is 0.262. The molecule has 1 amide bonds. The molecule has 0 spiro atoms. The lowest BCUT2D eigenvalue weighted by Gasteiger charge is -2.01. The van der Waals surface area contributed by atoms with Crippen molar-refractivity contribution < 1.29 is 4.79 Å². The number of carbonyl (C=O) groups excluding carboxylic acids is 1.